The number of carbonyl (C=O) groups is 3. The summed E-state index contributed by atoms with van der Waals surface area (Å²) in [4.78, 5) is 45.4. The largest absolute Gasteiger partial charge is 0.507 e. The van der Waals surface area contributed by atoms with Gasteiger partial charge in [-0.1, -0.05) is 37.3 Å². The van der Waals surface area contributed by atoms with Crippen LogP contribution in [0.1, 0.15) is 65.3 Å². The number of esters is 1. The van der Waals surface area contributed by atoms with E-state index in [1.807, 2.05) is 6.92 Å². The summed E-state index contributed by atoms with van der Waals surface area (Å²) < 4.78 is 16.6. The number of fused-ring (bicyclic) bond motifs is 1. The molecular formula is C31H32N2O7S. The number of carbonyl (C=O) groups excluding carboxylic acids is 3. The third-order valence-electron chi connectivity index (χ3n) is 7.11. The van der Waals surface area contributed by atoms with E-state index in [-0.39, 0.29) is 27.4 Å². The molecule has 2 atom stereocenters. The van der Waals surface area contributed by atoms with E-state index in [1.54, 1.807) is 49.4 Å². The average Bonchev–Trinajstić information content (AvgIpc) is 3.59. The summed E-state index contributed by atoms with van der Waals surface area (Å²) in [5.41, 5.74) is 2.16. The number of hydrogen-bond donors (Lipinski definition) is 1. The summed E-state index contributed by atoms with van der Waals surface area (Å²) >= 11 is 0.956. The Morgan fingerprint density at radius 2 is 2.00 bits per heavy atom. The van der Waals surface area contributed by atoms with Crippen LogP contribution in [0.5, 0.6) is 11.5 Å². The Bertz CT molecular complexity index is 1560. The minimum atomic E-state index is -1.01. The van der Waals surface area contributed by atoms with Crippen LogP contribution in [0, 0.1) is 12.8 Å². The summed E-state index contributed by atoms with van der Waals surface area (Å²) in [6.45, 7) is 8.31. The zero-order chi connectivity index (χ0) is 29.4. The summed E-state index contributed by atoms with van der Waals surface area (Å²) in [7, 11) is 1.26. The number of rotatable bonds is 8. The van der Waals surface area contributed by atoms with Crippen LogP contribution >= 0.6 is 11.3 Å². The molecule has 1 fully saturated rings. The maximum atomic E-state index is 13.6. The smallest absolute Gasteiger partial charge is 0.350 e. The van der Waals surface area contributed by atoms with Crippen LogP contribution in [0.3, 0.4) is 0 Å². The van der Waals surface area contributed by atoms with Crippen LogP contribution in [0.25, 0.3) is 5.76 Å². The summed E-state index contributed by atoms with van der Waals surface area (Å²) in [6.07, 6.45) is 1.53. The van der Waals surface area contributed by atoms with E-state index in [9.17, 15) is 19.5 Å². The van der Waals surface area contributed by atoms with Gasteiger partial charge in [0.25, 0.3) is 5.78 Å². The van der Waals surface area contributed by atoms with Crippen LogP contribution in [-0.4, -0.2) is 47.6 Å². The van der Waals surface area contributed by atoms with Crippen LogP contribution in [-0.2, 0) is 20.7 Å². The third kappa shape index (κ3) is 5.44. The molecule has 214 valence electrons. The number of Topliss-reactive ketones (excluding diaryl/α,β-unsaturated/α-hetero) is 1. The fourth-order valence-electron chi connectivity index (χ4n) is 5.02. The lowest BCUT2D eigenvalue weighted by molar-refractivity contribution is -0.132. The van der Waals surface area contributed by atoms with Gasteiger partial charge in [-0.25, -0.2) is 9.78 Å². The highest BCUT2D eigenvalue weighted by molar-refractivity contribution is 7.17. The first-order valence-electron chi connectivity index (χ1n) is 13.5. The minimum absolute atomic E-state index is 0.00330. The number of aryl methyl sites for hydroxylation is 1. The van der Waals surface area contributed by atoms with E-state index >= 15 is 0 Å². The van der Waals surface area contributed by atoms with Gasteiger partial charge in [-0.2, -0.15) is 0 Å². The number of ketones is 1. The number of aliphatic hydroxyl groups excluding tert-OH is 1. The number of aromatic nitrogens is 1. The molecule has 9 nitrogen and oxygen atoms in total. The molecule has 1 amide bonds. The Morgan fingerprint density at radius 3 is 2.73 bits per heavy atom. The molecule has 1 aromatic heterocycles. The van der Waals surface area contributed by atoms with Crippen molar-refractivity contribution in [3.05, 3.63) is 75.3 Å². The normalized spacial score (nSPS) is 19.4. The Labute approximate surface area is 242 Å². The minimum Gasteiger partial charge on any atom is -0.507 e. The molecule has 2 aromatic carbocycles. The standard InChI is InChI=1S/C31H32N2O7S/c1-16(2)11-12-39-22-8-6-7-19(15-22)25-24(26(34)20-9-10-23-21(14-20)13-17(3)40-23)27(35)29(36)33(25)31-32-18(4)28(41-31)30(37)38-5/h6-10,14-17,25,34H,11-13H2,1-5H3/b26-24+/t17-,25-/m0/s1. The number of benzene rings is 2. The number of aliphatic hydroxyl groups is 1. The zero-order valence-corrected chi connectivity index (χ0v) is 24.4. The molecule has 0 unspecified atom stereocenters. The van der Waals surface area contributed by atoms with Crippen LogP contribution in [0.15, 0.2) is 48.0 Å². The fraction of sp³-hybridized carbons (Fsp3) is 0.355. The second-order valence-electron chi connectivity index (χ2n) is 10.6. The second kappa shape index (κ2) is 11.4. The van der Waals surface area contributed by atoms with Gasteiger partial charge in [-0.3, -0.25) is 14.5 Å². The first kappa shape index (κ1) is 28.4. The first-order chi connectivity index (χ1) is 19.6. The maximum Gasteiger partial charge on any atom is 0.350 e. The SMILES string of the molecule is COC(=O)c1sc(N2C(=O)C(=O)/C(=C(/O)c3ccc4c(c3)C[C@H](C)O4)[C@@H]2c2cccc(OCCC(C)C)c2)nc1C. The molecular weight excluding hydrogens is 544 g/mol. The Hall–Kier alpha value is -4.18. The van der Waals surface area contributed by atoms with Gasteiger partial charge in [0.1, 0.15) is 28.2 Å². The molecule has 2 aliphatic rings. The van der Waals surface area contributed by atoms with Crippen molar-refractivity contribution < 1.29 is 33.7 Å². The van der Waals surface area contributed by atoms with Gasteiger partial charge in [-0.05, 0) is 67.6 Å². The molecule has 0 aliphatic carbocycles. The number of hydrogen-bond acceptors (Lipinski definition) is 9. The highest BCUT2D eigenvalue weighted by Gasteiger charge is 2.48. The molecule has 10 heteroatoms. The van der Waals surface area contributed by atoms with Gasteiger partial charge in [0.15, 0.2) is 5.13 Å². The molecule has 3 heterocycles. The lowest BCUT2D eigenvalue weighted by Gasteiger charge is -2.23. The lowest BCUT2D eigenvalue weighted by Crippen LogP contribution is -2.29. The maximum absolute atomic E-state index is 13.6. The predicted molar refractivity (Wildman–Crippen MR) is 155 cm³/mol. The number of thiazole rings is 1. The second-order valence-corrected chi connectivity index (χ2v) is 11.6. The van der Waals surface area contributed by atoms with Crippen molar-refractivity contribution in [1.29, 1.82) is 0 Å². The molecule has 0 radical (unpaired) electrons. The van der Waals surface area contributed by atoms with Crippen molar-refractivity contribution >= 4 is 39.9 Å². The lowest BCUT2D eigenvalue weighted by atomic mass is 9.94. The number of ether oxygens (including phenoxy) is 3. The van der Waals surface area contributed by atoms with Crippen molar-refractivity contribution in [3.63, 3.8) is 0 Å². The number of anilines is 1. The summed E-state index contributed by atoms with van der Waals surface area (Å²) in [6, 6.07) is 11.3. The third-order valence-corrected chi connectivity index (χ3v) is 8.25. The van der Waals surface area contributed by atoms with Gasteiger partial charge >= 0.3 is 11.9 Å². The van der Waals surface area contributed by atoms with Crippen molar-refractivity contribution in [1.82, 2.24) is 4.98 Å². The van der Waals surface area contributed by atoms with Gasteiger partial charge in [-0.15, -0.1) is 0 Å². The molecule has 0 bridgehead atoms. The van der Waals surface area contributed by atoms with E-state index in [0.717, 1.165) is 29.1 Å². The molecule has 2 aliphatic heterocycles. The van der Waals surface area contributed by atoms with E-state index in [0.29, 0.717) is 41.5 Å². The first-order valence-corrected chi connectivity index (χ1v) is 14.3. The van der Waals surface area contributed by atoms with Crippen LogP contribution < -0.4 is 14.4 Å². The van der Waals surface area contributed by atoms with Crippen LogP contribution in [0.2, 0.25) is 0 Å². The Kier molecular flexibility index (Phi) is 7.86. The topological polar surface area (TPSA) is 115 Å². The van der Waals surface area contributed by atoms with E-state index in [1.165, 1.54) is 12.0 Å². The monoisotopic (exact) mass is 576 g/mol. The van der Waals surface area contributed by atoms with Gasteiger partial charge in [0.2, 0.25) is 0 Å². The molecule has 0 saturated carbocycles. The molecule has 5 rings (SSSR count). The Balaban J connectivity index is 1.64. The van der Waals surface area contributed by atoms with Crippen molar-refractivity contribution in [2.24, 2.45) is 5.92 Å². The van der Waals surface area contributed by atoms with Gasteiger partial charge in [0, 0.05) is 12.0 Å². The average molecular weight is 577 g/mol. The molecule has 3 aromatic rings. The predicted octanol–water partition coefficient (Wildman–Crippen LogP) is 5.61. The zero-order valence-electron chi connectivity index (χ0n) is 23.6. The van der Waals surface area contributed by atoms with Crippen LogP contribution in [0.4, 0.5) is 5.13 Å². The van der Waals surface area contributed by atoms with E-state index in [2.05, 4.69) is 18.8 Å². The summed E-state index contributed by atoms with van der Waals surface area (Å²) in [5, 5.41) is 11.7. The number of amides is 1. The van der Waals surface area contributed by atoms with Gasteiger partial charge in [0.05, 0.1) is 31.0 Å². The molecule has 1 N–H and O–H groups in total. The van der Waals surface area contributed by atoms with E-state index in [4.69, 9.17) is 14.2 Å². The van der Waals surface area contributed by atoms with Crippen molar-refractivity contribution in [2.75, 3.05) is 18.6 Å². The van der Waals surface area contributed by atoms with Crippen molar-refractivity contribution in [2.45, 2.75) is 52.7 Å². The summed E-state index contributed by atoms with van der Waals surface area (Å²) in [5.74, 6) is -0.834. The number of nitrogens with zero attached hydrogens (tertiary/aromatic N) is 2. The highest BCUT2D eigenvalue weighted by atomic mass is 32.1. The molecule has 41 heavy (non-hydrogen) atoms. The molecule has 1 saturated heterocycles. The fourth-order valence-corrected chi connectivity index (χ4v) is 6.04. The molecule has 0 spiro atoms. The highest BCUT2D eigenvalue weighted by Crippen LogP contribution is 2.45. The number of methoxy groups -OCH3 is 1. The Morgan fingerprint density at radius 1 is 1.22 bits per heavy atom. The quantitative estimate of drug-likeness (QED) is 0.159. The van der Waals surface area contributed by atoms with Crippen molar-refractivity contribution in [3.8, 4) is 11.5 Å². The van der Waals surface area contributed by atoms with E-state index < -0.39 is 23.7 Å². The van der Waals surface area contributed by atoms with Gasteiger partial charge < -0.3 is 19.3 Å².